The predicted octanol–water partition coefficient (Wildman–Crippen LogP) is 10.8. The Hall–Kier alpha value is -6.35. The van der Waals surface area contributed by atoms with Gasteiger partial charge in [0.1, 0.15) is 53.9 Å². The summed E-state index contributed by atoms with van der Waals surface area (Å²) in [5.74, 6) is -4.08. The zero-order valence-corrected chi connectivity index (χ0v) is 49.2. The van der Waals surface area contributed by atoms with E-state index in [4.69, 9.17) is 49.2 Å². The number of rotatable bonds is 21. The zero-order chi connectivity index (χ0) is 57.7. The SMILES string of the molecule is Cc1ccc(S[C@@H]2O[C@H](COCc3ccccc3)[C@@H](O[C@@H]3O[C@H](COCc4ccccc4)[C@@H](O[Si](C)(C)C(C)(C)C)[C@H](OCc4ccccc4)[C@H]3N3C(=O)c4ccccc4C3=O)[C@H](OC(=O)CCl)[C@H]2N2C(=O)c3ccccc3C2=O)cc1. The summed E-state index contributed by atoms with van der Waals surface area (Å²) in [6, 6.07) is 46.5. The van der Waals surface area contributed by atoms with Crippen LogP contribution in [0.2, 0.25) is 18.1 Å². The number of halogens is 1. The molecule has 15 nitrogen and oxygen atoms in total. The van der Waals surface area contributed by atoms with E-state index in [0.29, 0.717) is 4.90 Å². The minimum absolute atomic E-state index is 0.00499. The van der Waals surface area contributed by atoms with Crippen molar-refractivity contribution in [3.63, 3.8) is 0 Å². The standard InChI is InChI=1S/C64H67ClN2O13SSi/c1-40-30-32-44(33-31-40)81-63-53(67-60(71)47-28-18-19-29-48(47)61(67)72)57(78-51(68)34-65)54(49(77-63)38-73-35-41-20-10-7-11-21-41)79-62-52(66-58(69)45-26-16-17-27-46(45)59(66)70)56(75-37-43-24-14-9-15-25-43)55(80-82(5,6)64(2,3)4)50(76-62)39-74-36-42-22-12-8-13-23-42/h7-33,49-50,52-57,62-63H,34-39H2,1-6H3/t49-,50-,52-,53-,54-,55-,56-,57-,62+,63+/m1/s1. The van der Waals surface area contributed by atoms with Gasteiger partial charge in [-0.25, -0.2) is 0 Å². The van der Waals surface area contributed by atoms with Crippen LogP contribution in [0.4, 0.5) is 0 Å². The molecule has 4 aliphatic heterocycles. The van der Waals surface area contributed by atoms with Gasteiger partial charge in [-0.1, -0.05) is 165 Å². The summed E-state index contributed by atoms with van der Waals surface area (Å²) < 4.78 is 56.1. The van der Waals surface area contributed by atoms with Crippen molar-refractivity contribution < 1.29 is 61.6 Å². The Morgan fingerprint density at radius 3 is 1.46 bits per heavy atom. The number of benzene rings is 6. The minimum atomic E-state index is -2.84. The fourth-order valence-corrected chi connectivity index (χ4v) is 13.1. The van der Waals surface area contributed by atoms with Crippen molar-refractivity contribution in [1.29, 1.82) is 0 Å². The third-order valence-corrected chi connectivity index (χ3v) is 21.6. The molecule has 4 heterocycles. The van der Waals surface area contributed by atoms with E-state index < -0.39 is 104 Å². The van der Waals surface area contributed by atoms with Crippen LogP contribution in [0.1, 0.15) is 84.5 Å². The third kappa shape index (κ3) is 12.7. The first-order valence-corrected chi connectivity index (χ1v) is 31.8. The quantitative estimate of drug-likeness (QED) is 0.0289. The number of alkyl halides is 1. The Balaban J connectivity index is 1.15. The van der Waals surface area contributed by atoms with Gasteiger partial charge >= 0.3 is 5.97 Å². The van der Waals surface area contributed by atoms with E-state index in [1.807, 2.05) is 122 Å². The van der Waals surface area contributed by atoms with Crippen LogP contribution in [0.15, 0.2) is 169 Å². The molecule has 4 aliphatic rings. The number of aryl methyl sites for hydroxylation is 1. The summed E-state index contributed by atoms with van der Waals surface area (Å²) in [4.78, 5) is 77.3. The number of ether oxygens (including phenoxy) is 7. The van der Waals surface area contributed by atoms with Crippen molar-refractivity contribution in [3.05, 3.63) is 208 Å². The molecule has 18 heteroatoms. The lowest BCUT2D eigenvalue weighted by Gasteiger charge is -2.53. The fraction of sp³-hybridized carbons (Fsp3) is 0.359. The molecule has 2 saturated heterocycles. The summed E-state index contributed by atoms with van der Waals surface area (Å²) in [5.41, 5.74) is 3.00. The number of carbonyl (C=O) groups excluding carboxylic acids is 5. The van der Waals surface area contributed by atoms with Crippen LogP contribution >= 0.6 is 23.4 Å². The summed E-state index contributed by atoms with van der Waals surface area (Å²) in [6.07, 6.45) is -9.14. The molecule has 428 valence electrons. The van der Waals surface area contributed by atoms with Crippen LogP contribution in [-0.2, 0) is 62.2 Å². The minimum Gasteiger partial charge on any atom is -0.456 e. The molecule has 6 aromatic carbocycles. The van der Waals surface area contributed by atoms with Gasteiger partial charge in [0.2, 0.25) is 0 Å². The number of thioether (sulfide) groups is 1. The number of carbonyl (C=O) groups is 5. The Labute approximate surface area is 488 Å². The average molecular weight is 1170 g/mol. The van der Waals surface area contributed by atoms with Crippen molar-refractivity contribution in [2.45, 2.75) is 131 Å². The molecule has 82 heavy (non-hydrogen) atoms. The van der Waals surface area contributed by atoms with Gasteiger partial charge in [0.25, 0.3) is 23.6 Å². The number of hydrogen-bond acceptors (Lipinski definition) is 14. The van der Waals surface area contributed by atoms with E-state index in [1.54, 1.807) is 48.5 Å². The maximum Gasteiger partial charge on any atom is 0.321 e. The monoisotopic (exact) mass is 1170 g/mol. The van der Waals surface area contributed by atoms with E-state index in [-0.39, 0.29) is 60.3 Å². The zero-order valence-electron chi connectivity index (χ0n) is 46.6. The first-order chi connectivity index (χ1) is 39.5. The Bertz CT molecular complexity index is 3150. The molecule has 0 spiro atoms. The Morgan fingerprint density at radius 1 is 0.561 bits per heavy atom. The third-order valence-electron chi connectivity index (χ3n) is 15.7. The van der Waals surface area contributed by atoms with Crippen molar-refractivity contribution >= 4 is 61.3 Å². The molecule has 0 saturated carbocycles. The Kier molecular flexibility index (Phi) is 18.4. The highest BCUT2D eigenvalue weighted by atomic mass is 35.5. The lowest BCUT2D eigenvalue weighted by atomic mass is 9.93. The number of amides is 4. The summed E-state index contributed by atoms with van der Waals surface area (Å²) >= 11 is 7.57. The molecule has 10 atom stereocenters. The number of esters is 1. The first-order valence-electron chi connectivity index (χ1n) is 27.5. The predicted molar refractivity (Wildman–Crippen MR) is 311 cm³/mol. The van der Waals surface area contributed by atoms with Gasteiger partial charge in [-0.05, 0) is 78.1 Å². The van der Waals surface area contributed by atoms with Gasteiger partial charge in [-0.2, -0.15) is 0 Å². The lowest BCUT2D eigenvalue weighted by molar-refractivity contribution is -0.324. The number of hydrogen-bond donors (Lipinski definition) is 0. The van der Waals surface area contributed by atoms with Gasteiger partial charge in [0.05, 0.1) is 55.3 Å². The second kappa shape index (κ2) is 25.6. The fourth-order valence-electron chi connectivity index (χ4n) is 10.5. The highest BCUT2D eigenvalue weighted by molar-refractivity contribution is 7.99. The summed E-state index contributed by atoms with van der Waals surface area (Å²) in [6.45, 7) is 12.5. The average Bonchev–Trinajstić information content (AvgIpc) is 2.50. The summed E-state index contributed by atoms with van der Waals surface area (Å²) in [7, 11) is -2.84. The van der Waals surface area contributed by atoms with E-state index in [0.717, 1.165) is 32.1 Å². The molecule has 0 N–H and O–H groups in total. The van der Waals surface area contributed by atoms with Crippen molar-refractivity contribution in [2.24, 2.45) is 0 Å². The number of fused-ring (bicyclic) bond motifs is 2. The van der Waals surface area contributed by atoms with Gasteiger partial charge in [0.15, 0.2) is 20.7 Å². The van der Waals surface area contributed by atoms with Crippen LogP contribution in [0.3, 0.4) is 0 Å². The molecule has 0 unspecified atom stereocenters. The maximum atomic E-state index is 15.2. The number of imide groups is 2. The Morgan fingerprint density at radius 2 is 1.00 bits per heavy atom. The molecule has 0 aromatic heterocycles. The highest BCUT2D eigenvalue weighted by Crippen LogP contribution is 2.46. The van der Waals surface area contributed by atoms with Gasteiger partial charge in [0, 0.05) is 4.90 Å². The second-order valence-corrected chi connectivity index (χ2v) is 28.5. The molecule has 10 rings (SSSR count). The van der Waals surface area contributed by atoms with E-state index in [9.17, 15) is 14.4 Å². The topological polar surface area (TPSA) is 166 Å². The van der Waals surface area contributed by atoms with Gasteiger partial charge in [-0.15, -0.1) is 11.6 Å². The molecular formula is C64H67ClN2O13SSi. The van der Waals surface area contributed by atoms with Crippen LogP contribution < -0.4 is 0 Å². The van der Waals surface area contributed by atoms with Crippen LogP contribution in [0, 0.1) is 6.92 Å². The normalized spacial score (nSPS) is 24.6. The van der Waals surface area contributed by atoms with Gasteiger partial charge < -0.3 is 37.6 Å². The molecule has 0 bridgehead atoms. The molecular weight excluding hydrogens is 1100 g/mol. The molecule has 4 amide bonds. The van der Waals surface area contributed by atoms with E-state index >= 15 is 9.59 Å². The van der Waals surface area contributed by atoms with Crippen LogP contribution in [0.5, 0.6) is 0 Å². The van der Waals surface area contributed by atoms with Crippen molar-refractivity contribution in [2.75, 3.05) is 19.1 Å². The number of nitrogens with zero attached hydrogens (tertiary/aromatic N) is 2. The van der Waals surface area contributed by atoms with Gasteiger partial charge in [-0.3, -0.25) is 33.8 Å². The van der Waals surface area contributed by atoms with Crippen LogP contribution in [-0.4, -0.2) is 127 Å². The van der Waals surface area contributed by atoms with E-state index in [2.05, 4.69) is 33.9 Å². The highest BCUT2D eigenvalue weighted by Gasteiger charge is 2.61. The molecule has 2 fully saturated rings. The second-order valence-electron chi connectivity index (χ2n) is 22.3. The summed E-state index contributed by atoms with van der Waals surface area (Å²) in [5, 5.41) is -0.358. The maximum absolute atomic E-state index is 15.2. The van der Waals surface area contributed by atoms with Crippen molar-refractivity contribution in [3.8, 4) is 0 Å². The molecule has 6 aromatic rings. The first kappa shape index (κ1) is 58.8. The van der Waals surface area contributed by atoms with Crippen LogP contribution in [0.25, 0.3) is 0 Å². The van der Waals surface area contributed by atoms with E-state index in [1.165, 1.54) is 11.8 Å². The lowest BCUT2D eigenvalue weighted by Crippen LogP contribution is -2.71. The largest absolute Gasteiger partial charge is 0.456 e. The van der Waals surface area contributed by atoms with Crippen molar-refractivity contribution in [1.82, 2.24) is 9.80 Å². The smallest absolute Gasteiger partial charge is 0.321 e. The molecule has 0 radical (unpaired) electrons. The molecule has 0 aliphatic carbocycles.